The smallest absolute Gasteiger partial charge is 0.338 e. The van der Waals surface area contributed by atoms with E-state index in [4.69, 9.17) is 38.6 Å². The standard InChI is InChI=1S/C43H46N4O9/c1-3-33-38(40(51-26-30-18-10-5-11-19-30)39(34(24-44)53-33)55-42(49)32-22-14-7-15-23-32)56-43-36(46-47-45)37(50-25-29-16-8-4-9-17-29)28(2)35(54-43)27-52-41(48)31-20-12-6-13-21-31/h4-24,28,33-40,43-44H,3,25-27H2,1-2H3/t28?,33-,34?,35?,36-,37+,38+,39?,40?,43?/m0/s1. The van der Waals surface area contributed by atoms with Crippen LogP contribution in [0.15, 0.2) is 126 Å². The van der Waals surface area contributed by atoms with E-state index in [1.165, 1.54) is 0 Å². The molecule has 0 bridgehead atoms. The predicted molar refractivity (Wildman–Crippen MR) is 206 cm³/mol. The van der Waals surface area contributed by atoms with E-state index in [1.807, 2.05) is 80.6 Å². The molecule has 2 saturated heterocycles. The Balaban J connectivity index is 1.33. The van der Waals surface area contributed by atoms with E-state index in [0.717, 1.165) is 17.3 Å². The Morgan fingerprint density at radius 1 is 0.732 bits per heavy atom. The Morgan fingerprint density at radius 2 is 1.27 bits per heavy atom. The molecule has 292 valence electrons. The van der Waals surface area contributed by atoms with Crippen molar-refractivity contribution in [1.82, 2.24) is 0 Å². The van der Waals surface area contributed by atoms with Gasteiger partial charge < -0.3 is 38.6 Å². The number of benzene rings is 4. The first-order chi connectivity index (χ1) is 27.4. The van der Waals surface area contributed by atoms with Crippen LogP contribution in [0.25, 0.3) is 10.4 Å². The van der Waals surface area contributed by atoms with Gasteiger partial charge in [0.2, 0.25) is 0 Å². The minimum atomic E-state index is -1.25. The largest absolute Gasteiger partial charge is 0.459 e. The quantitative estimate of drug-likeness (QED) is 0.0399. The van der Waals surface area contributed by atoms with Gasteiger partial charge in [-0.1, -0.05) is 116 Å². The van der Waals surface area contributed by atoms with E-state index in [0.29, 0.717) is 17.5 Å². The topological polar surface area (TPSA) is 171 Å². The van der Waals surface area contributed by atoms with Crippen molar-refractivity contribution in [3.63, 3.8) is 0 Å². The number of rotatable bonds is 16. The molecule has 4 aromatic carbocycles. The molecule has 0 radical (unpaired) electrons. The first-order valence-corrected chi connectivity index (χ1v) is 18.7. The van der Waals surface area contributed by atoms with Crippen molar-refractivity contribution >= 4 is 18.2 Å². The number of hydrogen-bond acceptors (Lipinski definition) is 11. The summed E-state index contributed by atoms with van der Waals surface area (Å²) in [5.41, 5.74) is 12.3. The highest BCUT2D eigenvalue weighted by Crippen LogP contribution is 2.37. The maximum Gasteiger partial charge on any atom is 0.338 e. The average Bonchev–Trinajstić information content (AvgIpc) is 3.24. The molecule has 2 heterocycles. The Hall–Kier alpha value is -5.40. The Kier molecular flexibility index (Phi) is 14.4. The van der Waals surface area contributed by atoms with Crippen LogP contribution in [0.2, 0.25) is 0 Å². The lowest BCUT2D eigenvalue weighted by molar-refractivity contribution is -0.315. The van der Waals surface area contributed by atoms with E-state index in [1.54, 1.807) is 54.6 Å². The Morgan fingerprint density at radius 3 is 1.80 bits per heavy atom. The zero-order valence-electron chi connectivity index (χ0n) is 31.2. The number of hydrogen-bond donors (Lipinski definition) is 1. The van der Waals surface area contributed by atoms with Crippen LogP contribution >= 0.6 is 0 Å². The van der Waals surface area contributed by atoms with Crippen LogP contribution in [-0.4, -0.2) is 79.8 Å². The summed E-state index contributed by atoms with van der Waals surface area (Å²) in [5.74, 6) is -1.59. The van der Waals surface area contributed by atoms with Gasteiger partial charge in [0.05, 0.1) is 42.7 Å². The fourth-order valence-corrected chi connectivity index (χ4v) is 6.95. The van der Waals surface area contributed by atoms with Gasteiger partial charge in [-0.05, 0) is 47.3 Å². The molecular weight excluding hydrogens is 716 g/mol. The molecule has 0 amide bonds. The van der Waals surface area contributed by atoms with Crippen molar-refractivity contribution in [3.05, 3.63) is 154 Å². The molecule has 0 aromatic heterocycles. The highest BCUT2D eigenvalue weighted by atomic mass is 16.7. The van der Waals surface area contributed by atoms with Gasteiger partial charge in [0, 0.05) is 17.0 Å². The van der Waals surface area contributed by atoms with Crippen LogP contribution < -0.4 is 0 Å². The van der Waals surface area contributed by atoms with Crippen molar-refractivity contribution in [2.45, 2.75) is 88.5 Å². The second-order valence-electron chi connectivity index (χ2n) is 13.6. The number of esters is 2. The highest BCUT2D eigenvalue weighted by molar-refractivity contribution is 5.90. The van der Waals surface area contributed by atoms with Crippen LogP contribution in [-0.2, 0) is 46.4 Å². The van der Waals surface area contributed by atoms with Crippen LogP contribution in [0.5, 0.6) is 0 Å². The molecule has 0 saturated carbocycles. The van der Waals surface area contributed by atoms with Crippen LogP contribution in [0, 0.1) is 11.3 Å². The summed E-state index contributed by atoms with van der Waals surface area (Å²) in [6, 6.07) is 35.2. The van der Waals surface area contributed by atoms with E-state index < -0.39 is 72.9 Å². The molecule has 0 aliphatic carbocycles. The molecule has 6 unspecified atom stereocenters. The zero-order valence-corrected chi connectivity index (χ0v) is 31.2. The van der Waals surface area contributed by atoms with Gasteiger partial charge in [0.1, 0.15) is 31.0 Å². The summed E-state index contributed by atoms with van der Waals surface area (Å²) in [7, 11) is 0. The molecule has 6 rings (SSSR count). The summed E-state index contributed by atoms with van der Waals surface area (Å²) >= 11 is 0. The zero-order chi connectivity index (χ0) is 39.3. The molecule has 2 fully saturated rings. The maximum atomic E-state index is 13.5. The molecule has 13 heteroatoms. The minimum absolute atomic E-state index is 0.120. The van der Waals surface area contributed by atoms with Gasteiger partial charge in [0.15, 0.2) is 12.4 Å². The summed E-state index contributed by atoms with van der Waals surface area (Å²) in [5, 5.41) is 12.4. The molecule has 10 atom stereocenters. The van der Waals surface area contributed by atoms with Crippen molar-refractivity contribution in [2.75, 3.05) is 6.61 Å². The molecule has 1 N–H and O–H groups in total. The van der Waals surface area contributed by atoms with E-state index in [9.17, 15) is 15.1 Å². The van der Waals surface area contributed by atoms with Gasteiger partial charge in [-0.3, -0.25) is 0 Å². The first kappa shape index (κ1) is 40.3. The van der Waals surface area contributed by atoms with Gasteiger partial charge in [-0.15, -0.1) is 0 Å². The summed E-state index contributed by atoms with van der Waals surface area (Å²) < 4.78 is 44.7. The number of carbonyl (C=O) groups excluding carboxylic acids is 2. The summed E-state index contributed by atoms with van der Waals surface area (Å²) in [4.78, 5) is 29.8. The highest BCUT2D eigenvalue weighted by Gasteiger charge is 2.52. The molecular formula is C43H46N4O9. The number of nitrogens with one attached hydrogen (secondary N) is 1. The lowest BCUT2D eigenvalue weighted by Crippen LogP contribution is -2.64. The second kappa shape index (κ2) is 20.0. The van der Waals surface area contributed by atoms with E-state index >= 15 is 0 Å². The number of carbonyl (C=O) groups is 2. The van der Waals surface area contributed by atoms with Gasteiger partial charge in [-0.2, -0.15) is 0 Å². The summed E-state index contributed by atoms with van der Waals surface area (Å²) in [6.45, 7) is 3.95. The third-order valence-electron chi connectivity index (χ3n) is 9.95. The fraction of sp³-hybridized carbons (Fsp3) is 0.372. The summed E-state index contributed by atoms with van der Waals surface area (Å²) in [6.07, 6.45) is -5.98. The van der Waals surface area contributed by atoms with Crippen LogP contribution in [0.4, 0.5) is 0 Å². The minimum Gasteiger partial charge on any atom is -0.459 e. The average molecular weight is 763 g/mol. The van der Waals surface area contributed by atoms with Gasteiger partial charge >= 0.3 is 11.9 Å². The van der Waals surface area contributed by atoms with Crippen molar-refractivity contribution < 1.29 is 42.7 Å². The maximum absolute atomic E-state index is 13.5. The van der Waals surface area contributed by atoms with E-state index in [-0.39, 0.29) is 19.8 Å². The molecule has 0 spiro atoms. The van der Waals surface area contributed by atoms with Crippen LogP contribution in [0.1, 0.15) is 52.1 Å². The molecule has 56 heavy (non-hydrogen) atoms. The first-order valence-electron chi connectivity index (χ1n) is 18.7. The normalized spacial score (nSPS) is 27.3. The third-order valence-corrected chi connectivity index (χ3v) is 9.95. The Labute approximate surface area is 325 Å². The van der Waals surface area contributed by atoms with Gasteiger partial charge in [0.25, 0.3) is 0 Å². The van der Waals surface area contributed by atoms with E-state index in [2.05, 4.69) is 10.0 Å². The SMILES string of the molecule is CC[C@@H]1OC(C=N)C(OC(=O)c2ccccc2)C(OCc2ccccc2)[C@@H]1OC1OC(COC(=O)c2ccccc2)C(C)[C@@H](OCc2ccccc2)[C@@H]1N=[N+]=[N-]. The van der Waals surface area contributed by atoms with Gasteiger partial charge in [-0.25, -0.2) is 9.59 Å². The number of nitrogens with zero attached hydrogens (tertiary/aromatic N) is 3. The van der Waals surface area contributed by atoms with Crippen molar-refractivity contribution in [2.24, 2.45) is 11.0 Å². The molecule has 13 nitrogen and oxygen atoms in total. The Bertz CT molecular complexity index is 1900. The second-order valence-corrected chi connectivity index (χ2v) is 13.6. The molecule has 2 aliphatic heterocycles. The third kappa shape index (κ3) is 10.1. The predicted octanol–water partition coefficient (Wildman–Crippen LogP) is 7.49. The number of azide groups is 1. The lowest BCUT2D eigenvalue weighted by Gasteiger charge is -2.49. The molecule has 2 aliphatic rings. The molecule has 4 aromatic rings. The van der Waals surface area contributed by atoms with Crippen LogP contribution in [0.3, 0.4) is 0 Å². The fourth-order valence-electron chi connectivity index (χ4n) is 6.95. The lowest BCUT2D eigenvalue weighted by atomic mass is 9.88. The van der Waals surface area contributed by atoms with Crippen molar-refractivity contribution in [1.29, 1.82) is 5.41 Å². The number of ether oxygens (including phenoxy) is 7. The van der Waals surface area contributed by atoms with Crippen molar-refractivity contribution in [3.8, 4) is 0 Å². The monoisotopic (exact) mass is 762 g/mol.